The summed E-state index contributed by atoms with van der Waals surface area (Å²) in [5, 5.41) is 14.4. The van der Waals surface area contributed by atoms with E-state index in [9.17, 15) is 4.79 Å². The first kappa shape index (κ1) is 20.0. The molecule has 154 valence electrons. The molecule has 3 aromatic heterocycles. The average Bonchev–Trinajstić information content (AvgIpc) is 3.50. The van der Waals surface area contributed by atoms with Crippen LogP contribution in [0.2, 0.25) is 0 Å². The largest absolute Gasteiger partial charge is 0.467 e. The Bertz CT molecular complexity index is 902. The van der Waals surface area contributed by atoms with Crippen LogP contribution in [0.4, 0.5) is 5.95 Å². The number of furan rings is 1. The molecule has 1 amide bonds. The number of piperidine rings is 1. The zero-order valence-corrected chi connectivity index (χ0v) is 18.0. The van der Waals surface area contributed by atoms with Gasteiger partial charge < -0.3 is 14.6 Å². The van der Waals surface area contributed by atoms with Gasteiger partial charge >= 0.3 is 0 Å². The van der Waals surface area contributed by atoms with Gasteiger partial charge in [-0.25, -0.2) is 0 Å². The lowest BCUT2D eigenvalue weighted by atomic mass is 10.1. The molecule has 3 aromatic rings. The first-order valence-electron chi connectivity index (χ1n) is 9.88. The molecule has 0 radical (unpaired) electrons. The number of rotatable bonds is 8. The molecule has 29 heavy (non-hydrogen) atoms. The van der Waals surface area contributed by atoms with Gasteiger partial charge in [-0.2, -0.15) is 0 Å². The van der Waals surface area contributed by atoms with Crippen LogP contribution in [0.15, 0.2) is 45.5 Å². The molecule has 4 rings (SSSR count). The lowest BCUT2D eigenvalue weighted by Crippen LogP contribution is -2.32. The fourth-order valence-corrected chi connectivity index (χ4v) is 4.85. The first-order valence-corrected chi connectivity index (χ1v) is 11.6. The van der Waals surface area contributed by atoms with Gasteiger partial charge in [0.25, 0.3) is 0 Å². The topological polar surface area (TPSA) is 76.2 Å². The average molecular weight is 432 g/mol. The molecule has 0 spiro atoms. The summed E-state index contributed by atoms with van der Waals surface area (Å²) in [5.74, 6) is 1.70. The normalized spacial score (nSPS) is 15.4. The van der Waals surface area contributed by atoms with Crippen molar-refractivity contribution in [2.75, 3.05) is 18.0 Å². The van der Waals surface area contributed by atoms with Crippen molar-refractivity contribution in [3.8, 4) is 0 Å². The lowest BCUT2D eigenvalue weighted by Gasteiger charge is -2.27. The maximum absolute atomic E-state index is 12.6. The maximum atomic E-state index is 12.6. The standard InChI is InChI=1S/C20H25N5O2S2/c1-15(18(26)21-13-17-8-6-12-28-17)29-20-23-22-19(24-9-3-2-4-10-24)25(20)14-16-7-5-11-27-16/h5-8,11-12,15H,2-4,9-10,13-14H2,1H3,(H,21,26). The monoisotopic (exact) mass is 431 g/mol. The van der Waals surface area contributed by atoms with Gasteiger partial charge in [-0.15, -0.1) is 21.5 Å². The summed E-state index contributed by atoms with van der Waals surface area (Å²) >= 11 is 3.07. The molecule has 1 unspecified atom stereocenters. The van der Waals surface area contributed by atoms with Crippen molar-refractivity contribution in [1.82, 2.24) is 20.1 Å². The van der Waals surface area contributed by atoms with Crippen LogP contribution in [0, 0.1) is 0 Å². The summed E-state index contributed by atoms with van der Waals surface area (Å²) in [6, 6.07) is 7.84. The molecule has 1 saturated heterocycles. The van der Waals surface area contributed by atoms with Crippen LogP contribution in [0.1, 0.15) is 36.8 Å². The fraction of sp³-hybridized carbons (Fsp3) is 0.450. The molecule has 1 N–H and O–H groups in total. The third kappa shape index (κ3) is 5.02. The zero-order valence-electron chi connectivity index (χ0n) is 16.4. The number of nitrogens with one attached hydrogen (secondary N) is 1. The van der Waals surface area contributed by atoms with E-state index in [1.807, 2.05) is 36.6 Å². The van der Waals surface area contributed by atoms with Gasteiger partial charge in [0.2, 0.25) is 11.9 Å². The minimum atomic E-state index is -0.274. The number of hydrogen-bond acceptors (Lipinski definition) is 7. The third-order valence-electron chi connectivity index (χ3n) is 4.90. The van der Waals surface area contributed by atoms with Crippen LogP contribution in [-0.4, -0.2) is 39.0 Å². The Balaban J connectivity index is 1.47. The van der Waals surface area contributed by atoms with Gasteiger partial charge in [-0.05, 0) is 49.8 Å². The Labute approximate surface area is 178 Å². The van der Waals surface area contributed by atoms with Gasteiger partial charge in [0.1, 0.15) is 5.76 Å². The highest BCUT2D eigenvalue weighted by Crippen LogP contribution is 2.28. The number of amides is 1. The second-order valence-corrected chi connectivity index (χ2v) is 9.39. The van der Waals surface area contributed by atoms with E-state index in [4.69, 9.17) is 4.42 Å². The molecule has 7 nitrogen and oxygen atoms in total. The second-order valence-electron chi connectivity index (χ2n) is 7.05. The van der Waals surface area contributed by atoms with Crippen LogP contribution in [0.5, 0.6) is 0 Å². The highest BCUT2D eigenvalue weighted by molar-refractivity contribution is 8.00. The Kier molecular flexibility index (Phi) is 6.56. The van der Waals surface area contributed by atoms with Crippen LogP contribution < -0.4 is 10.2 Å². The number of carbonyl (C=O) groups is 1. The van der Waals surface area contributed by atoms with E-state index in [2.05, 4.69) is 25.0 Å². The van der Waals surface area contributed by atoms with Crippen molar-refractivity contribution >= 4 is 35.0 Å². The van der Waals surface area contributed by atoms with Gasteiger partial charge in [0.15, 0.2) is 5.16 Å². The number of thiophene rings is 1. The number of anilines is 1. The summed E-state index contributed by atoms with van der Waals surface area (Å²) in [5.41, 5.74) is 0. The van der Waals surface area contributed by atoms with E-state index < -0.39 is 0 Å². The Morgan fingerprint density at radius 2 is 2.14 bits per heavy atom. The van der Waals surface area contributed by atoms with E-state index >= 15 is 0 Å². The number of thioether (sulfide) groups is 1. The number of hydrogen-bond donors (Lipinski definition) is 1. The first-order chi connectivity index (χ1) is 14.2. The minimum Gasteiger partial charge on any atom is -0.467 e. The van der Waals surface area contributed by atoms with E-state index in [1.165, 1.54) is 18.2 Å². The summed E-state index contributed by atoms with van der Waals surface area (Å²) < 4.78 is 7.62. The molecular weight excluding hydrogens is 406 g/mol. The van der Waals surface area contributed by atoms with Crippen molar-refractivity contribution < 1.29 is 9.21 Å². The van der Waals surface area contributed by atoms with Crippen LogP contribution >= 0.6 is 23.1 Å². The predicted octanol–water partition coefficient (Wildman–Crippen LogP) is 3.77. The van der Waals surface area contributed by atoms with E-state index in [1.54, 1.807) is 17.6 Å². The van der Waals surface area contributed by atoms with Crippen molar-refractivity contribution in [3.63, 3.8) is 0 Å². The Morgan fingerprint density at radius 1 is 1.28 bits per heavy atom. The smallest absolute Gasteiger partial charge is 0.233 e. The third-order valence-corrected chi connectivity index (χ3v) is 6.86. The number of nitrogens with zero attached hydrogens (tertiary/aromatic N) is 4. The molecule has 0 aromatic carbocycles. The molecular formula is C20H25N5O2S2. The Hall–Kier alpha value is -2.26. The fourth-order valence-electron chi connectivity index (χ4n) is 3.34. The predicted molar refractivity (Wildman–Crippen MR) is 115 cm³/mol. The second kappa shape index (κ2) is 9.49. The Morgan fingerprint density at radius 3 is 2.86 bits per heavy atom. The summed E-state index contributed by atoms with van der Waals surface area (Å²) in [4.78, 5) is 16.0. The SMILES string of the molecule is CC(Sc1nnc(N2CCCCC2)n1Cc1ccco1)C(=O)NCc1cccs1. The summed E-state index contributed by atoms with van der Waals surface area (Å²) in [6.45, 7) is 4.98. The maximum Gasteiger partial charge on any atom is 0.233 e. The lowest BCUT2D eigenvalue weighted by molar-refractivity contribution is -0.120. The summed E-state index contributed by atoms with van der Waals surface area (Å²) in [7, 11) is 0. The molecule has 1 aliphatic heterocycles. The molecule has 9 heteroatoms. The van der Waals surface area contributed by atoms with Crippen LogP contribution in [-0.2, 0) is 17.9 Å². The number of aromatic nitrogens is 3. The highest BCUT2D eigenvalue weighted by Gasteiger charge is 2.24. The van der Waals surface area contributed by atoms with Gasteiger partial charge in [-0.1, -0.05) is 17.8 Å². The molecule has 4 heterocycles. The van der Waals surface area contributed by atoms with Crippen LogP contribution in [0.3, 0.4) is 0 Å². The molecule has 1 fully saturated rings. The molecule has 1 aliphatic rings. The highest BCUT2D eigenvalue weighted by atomic mass is 32.2. The van der Waals surface area contributed by atoms with Gasteiger partial charge in [-0.3, -0.25) is 9.36 Å². The molecule has 0 bridgehead atoms. The quantitative estimate of drug-likeness (QED) is 0.547. The van der Waals surface area contributed by atoms with E-state index in [0.29, 0.717) is 13.1 Å². The van der Waals surface area contributed by atoms with Crippen molar-refractivity contribution in [1.29, 1.82) is 0 Å². The van der Waals surface area contributed by atoms with E-state index in [0.717, 1.165) is 47.7 Å². The van der Waals surface area contributed by atoms with Crippen molar-refractivity contribution in [2.24, 2.45) is 0 Å². The molecule has 1 atom stereocenters. The molecule has 0 aliphatic carbocycles. The number of carbonyl (C=O) groups excluding carboxylic acids is 1. The van der Waals surface area contributed by atoms with Crippen molar-refractivity contribution in [2.45, 2.75) is 49.7 Å². The zero-order chi connectivity index (χ0) is 20.1. The van der Waals surface area contributed by atoms with Crippen LogP contribution in [0.25, 0.3) is 0 Å². The van der Waals surface area contributed by atoms with E-state index in [-0.39, 0.29) is 11.2 Å². The minimum absolute atomic E-state index is 0.00419. The van der Waals surface area contributed by atoms with Gasteiger partial charge in [0, 0.05) is 18.0 Å². The van der Waals surface area contributed by atoms with Gasteiger partial charge in [0.05, 0.1) is 24.6 Å². The summed E-state index contributed by atoms with van der Waals surface area (Å²) in [6.07, 6.45) is 5.26. The molecule has 0 saturated carbocycles. The van der Waals surface area contributed by atoms with Crippen molar-refractivity contribution in [3.05, 3.63) is 46.5 Å².